The van der Waals surface area contributed by atoms with Crippen LogP contribution in [0.5, 0.6) is 0 Å². The molecule has 160 valence electrons. The molecular formula is C24H32N4O2. The number of carbonyl (C=O) groups excluding carboxylic acids is 2. The summed E-state index contributed by atoms with van der Waals surface area (Å²) in [7, 11) is 0. The third-order valence-electron chi connectivity index (χ3n) is 8.87. The lowest BCUT2D eigenvalue weighted by Gasteiger charge is -2.61. The Morgan fingerprint density at radius 1 is 1.13 bits per heavy atom. The minimum Gasteiger partial charge on any atom is -0.362 e. The summed E-state index contributed by atoms with van der Waals surface area (Å²) >= 11 is 0. The van der Waals surface area contributed by atoms with E-state index in [1.165, 1.54) is 19.4 Å². The highest BCUT2D eigenvalue weighted by atomic mass is 16.2. The maximum atomic E-state index is 13.7. The molecule has 1 aromatic carbocycles. The highest BCUT2D eigenvalue weighted by molar-refractivity contribution is 6.02. The van der Waals surface area contributed by atoms with Gasteiger partial charge >= 0.3 is 0 Å². The Morgan fingerprint density at radius 2 is 2.00 bits per heavy atom. The monoisotopic (exact) mass is 408 g/mol. The summed E-state index contributed by atoms with van der Waals surface area (Å²) in [4.78, 5) is 31.3. The van der Waals surface area contributed by atoms with E-state index in [0.29, 0.717) is 17.9 Å². The summed E-state index contributed by atoms with van der Waals surface area (Å²) < 4.78 is 0. The van der Waals surface area contributed by atoms with Gasteiger partial charge in [0.05, 0.1) is 5.56 Å². The number of amides is 2. The van der Waals surface area contributed by atoms with Crippen LogP contribution in [0.4, 0.5) is 5.69 Å². The van der Waals surface area contributed by atoms with Gasteiger partial charge < -0.3 is 15.5 Å². The Hall–Kier alpha value is -2.08. The fraction of sp³-hybridized carbons (Fsp3) is 0.667. The Balaban J connectivity index is 1.24. The molecule has 3 aliphatic carbocycles. The molecule has 3 heterocycles. The Labute approximate surface area is 178 Å². The lowest BCUT2D eigenvalue weighted by molar-refractivity contribution is -0.153. The average molecular weight is 409 g/mol. The third kappa shape index (κ3) is 2.65. The third-order valence-corrected chi connectivity index (χ3v) is 8.87. The summed E-state index contributed by atoms with van der Waals surface area (Å²) in [5.41, 5.74) is 1.15. The molecule has 2 saturated heterocycles. The van der Waals surface area contributed by atoms with Crippen molar-refractivity contribution in [3.8, 4) is 0 Å². The van der Waals surface area contributed by atoms with Crippen LogP contribution in [0.25, 0.3) is 0 Å². The molecule has 3 saturated carbocycles. The van der Waals surface area contributed by atoms with Gasteiger partial charge in [0.1, 0.15) is 5.66 Å². The highest BCUT2D eigenvalue weighted by Crippen LogP contribution is 2.58. The Kier molecular flexibility index (Phi) is 4.02. The first kappa shape index (κ1) is 18.7. The van der Waals surface area contributed by atoms with Gasteiger partial charge in [-0.25, -0.2) is 0 Å². The molecule has 3 aliphatic heterocycles. The number of carbonyl (C=O) groups is 2. The molecule has 5 fully saturated rings. The highest BCUT2D eigenvalue weighted by Gasteiger charge is 2.60. The number of anilines is 1. The van der Waals surface area contributed by atoms with Gasteiger partial charge in [-0.05, 0) is 62.6 Å². The second-order valence-corrected chi connectivity index (χ2v) is 10.6. The zero-order valence-electron chi connectivity index (χ0n) is 17.8. The molecule has 5 atom stereocenters. The molecule has 6 nitrogen and oxygen atoms in total. The second kappa shape index (κ2) is 6.46. The second-order valence-electron chi connectivity index (χ2n) is 10.6. The van der Waals surface area contributed by atoms with Crippen molar-refractivity contribution in [2.45, 2.75) is 57.2 Å². The standard InChI is InChI=1S/C24H32N4O2/c1-23-9-8-16(24(15-23)25-20-7-3-2-6-18(20)21(29)26-24)13-19(23)22(30)28-12-11-27-10-4-5-17(27)14-28/h2-3,6-7,16-17,19,25H,4-5,8-15H2,1H3,(H,26,29). The number of fused-ring (bicyclic) bond motifs is 4. The minimum absolute atomic E-state index is 0.0146. The fourth-order valence-electron chi connectivity index (χ4n) is 7.24. The van der Waals surface area contributed by atoms with Crippen LogP contribution in [0, 0.1) is 17.3 Å². The first-order valence-electron chi connectivity index (χ1n) is 11.7. The van der Waals surface area contributed by atoms with Crippen LogP contribution >= 0.6 is 0 Å². The van der Waals surface area contributed by atoms with Crippen molar-refractivity contribution in [2.24, 2.45) is 17.3 Å². The van der Waals surface area contributed by atoms with Crippen molar-refractivity contribution in [2.75, 3.05) is 31.5 Å². The quantitative estimate of drug-likeness (QED) is 0.750. The van der Waals surface area contributed by atoms with Gasteiger partial charge in [0, 0.05) is 43.2 Å². The number of nitrogens with zero attached hydrogens (tertiary/aromatic N) is 2. The van der Waals surface area contributed by atoms with Crippen LogP contribution in [0.3, 0.4) is 0 Å². The lowest BCUT2D eigenvalue weighted by atomic mass is 9.51. The molecule has 1 aromatic rings. The molecule has 30 heavy (non-hydrogen) atoms. The maximum Gasteiger partial charge on any atom is 0.255 e. The van der Waals surface area contributed by atoms with E-state index in [0.717, 1.165) is 56.6 Å². The van der Waals surface area contributed by atoms with Crippen molar-refractivity contribution in [3.63, 3.8) is 0 Å². The topological polar surface area (TPSA) is 64.7 Å². The van der Waals surface area contributed by atoms with E-state index >= 15 is 0 Å². The predicted molar refractivity (Wildman–Crippen MR) is 115 cm³/mol. The van der Waals surface area contributed by atoms with E-state index in [2.05, 4.69) is 27.4 Å². The molecule has 5 unspecified atom stereocenters. The number of rotatable bonds is 1. The van der Waals surface area contributed by atoms with Crippen molar-refractivity contribution in [1.29, 1.82) is 0 Å². The molecule has 2 amide bonds. The number of nitrogens with one attached hydrogen (secondary N) is 2. The largest absolute Gasteiger partial charge is 0.362 e. The minimum atomic E-state index is -0.417. The van der Waals surface area contributed by atoms with E-state index in [-0.39, 0.29) is 17.2 Å². The van der Waals surface area contributed by atoms with Gasteiger partial charge in [0.2, 0.25) is 5.91 Å². The summed E-state index contributed by atoms with van der Waals surface area (Å²) in [6, 6.07) is 8.34. The molecule has 1 spiro atoms. The number of hydrogen-bond donors (Lipinski definition) is 2. The predicted octanol–water partition coefficient (Wildman–Crippen LogP) is 2.67. The van der Waals surface area contributed by atoms with E-state index in [1.54, 1.807) is 0 Å². The summed E-state index contributed by atoms with van der Waals surface area (Å²) in [5.74, 6) is 0.746. The van der Waals surface area contributed by atoms with Crippen LogP contribution in [-0.2, 0) is 4.79 Å². The van der Waals surface area contributed by atoms with Gasteiger partial charge in [-0.1, -0.05) is 19.1 Å². The molecule has 6 aliphatic rings. The van der Waals surface area contributed by atoms with Crippen LogP contribution in [0.1, 0.15) is 55.8 Å². The maximum absolute atomic E-state index is 13.7. The van der Waals surface area contributed by atoms with Crippen molar-refractivity contribution in [3.05, 3.63) is 29.8 Å². The van der Waals surface area contributed by atoms with Crippen molar-refractivity contribution >= 4 is 17.5 Å². The number of benzene rings is 1. The van der Waals surface area contributed by atoms with Crippen LogP contribution in [-0.4, -0.2) is 59.5 Å². The zero-order chi connectivity index (χ0) is 20.5. The number of hydrogen-bond acceptors (Lipinski definition) is 4. The van der Waals surface area contributed by atoms with Crippen LogP contribution in [0.2, 0.25) is 0 Å². The van der Waals surface area contributed by atoms with E-state index < -0.39 is 5.66 Å². The van der Waals surface area contributed by atoms with Gasteiger partial charge in [-0.2, -0.15) is 0 Å². The van der Waals surface area contributed by atoms with E-state index in [1.807, 2.05) is 24.3 Å². The Morgan fingerprint density at radius 3 is 2.87 bits per heavy atom. The van der Waals surface area contributed by atoms with E-state index in [9.17, 15) is 9.59 Å². The summed E-state index contributed by atoms with van der Waals surface area (Å²) in [5, 5.41) is 7.04. The van der Waals surface area contributed by atoms with Crippen molar-refractivity contribution in [1.82, 2.24) is 15.1 Å². The smallest absolute Gasteiger partial charge is 0.255 e. The van der Waals surface area contributed by atoms with Gasteiger partial charge in [-0.3, -0.25) is 14.5 Å². The van der Waals surface area contributed by atoms with Gasteiger partial charge in [0.25, 0.3) is 5.91 Å². The van der Waals surface area contributed by atoms with Gasteiger partial charge in [-0.15, -0.1) is 0 Å². The summed E-state index contributed by atoms with van der Waals surface area (Å²) in [6.07, 6.45) is 6.32. The number of piperazine rings is 1. The Bertz CT molecular complexity index is 903. The molecule has 0 aromatic heterocycles. The molecule has 2 N–H and O–H groups in total. The first-order valence-corrected chi connectivity index (χ1v) is 11.7. The van der Waals surface area contributed by atoms with Crippen LogP contribution < -0.4 is 10.6 Å². The molecule has 0 radical (unpaired) electrons. The molecule has 6 heteroatoms. The van der Waals surface area contributed by atoms with Crippen molar-refractivity contribution < 1.29 is 9.59 Å². The number of para-hydroxylation sites is 1. The van der Waals surface area contributed by atoms with E-state index in [4.69, 9.17) is 0 Å². The zero-order valence-corrected chi connectivity index (χ0v) is 17.8. The molecule has 7 rings (SSSR count). The first-order chi connectivity index (χ1) is 14.5. The molecular weight excluding hydrogens is 376 g/mol. The average Bonchev–Trinajstić information content (AvgIpc) is 3.21. The van der Waals surface area contributed by atoms with Crippen LogP contribution in [0.15, 0.2) is 24.3 Å². The summed E-state index contributed by atoms with van der Waals surface area (Å²) in [6.45, 7) is 6.30. The SMILES string of the molecule is CC12CCC(CC1C(=O)N1CCN3CCCC3C1)C1(C2)NC(=O)c2ccccc2N1. The normalized spacial score (nSPS) is 40.0. The van der Waals surface area contributed by atoms with Gasteiger partial charge in [0.15, 0.2) is 0 Å². The molecule has 2 bridgehead atoms. The lowest BCUT2D eigenvalue weighted by Crippen LogP contribution is -2.70. The fourth-order valence-corrected chi connectivity index (χ4v) is 7.24.